The molecule has 1 saturated heterocycles. The molecule has 1 heterocycles. The second-order valence-corrected chi connectivity index (χ2v) is 6.02. The third-order valence-electron chi connectivity index (χ3n) is 4.27. The molecule has 1 aliphatic rings. The zero-order valence-corrected chi connectivity index (χ0v) is 12.4. The molecule has 0 bridgehead atoms. The molecule has 0 spiro atoms. The van der Waals surface area contributed by atoms with Gasteiger partial charge in [0.05, 0.1) is 5.60 Å². The van der Waals surface area contributed by atoms with Crippen LogP contribution in [-0.4, -0.2) is 42.3 Å². The smallest absolute Gasteiger partial charge is 0.123 e. The van der Waals surface area contributed by atoms with E-state index in [2.05, 4.69) is 10.2 Å². The highest BCUT2D eigenvalue weighted by atomic mass is 19.1. The van der Waals surface area contributed by atoms with Crippen molar-refractivity contribution in [2.45, 2.75) is 37.8 Å². The summed E-state index contributed by atoms with van der Waals surface area (Å²) in [5, 5.41) is 13.2. The molecular formula is C16H25FN2O. The van der Waals surface area contributed by atoms with E-state index in [1.807, 2.05) is 20.0 Å². The average Bonchev–Trinajstić information content (AvgIpc) is 2.41. The van der Waals surface area contributed by atoms with Gasteiger partial charge in [-0.15, -0.1) is 0 Å². The number of hydrogen-bond donors (Lipinski definition) is 2. The number of nitrogens with one attached hydrogen (secondary N) is 1. The molecule has 3 nitrogen and oxygen atoms in total. The van der Waals surface area contributed by atoms with Crippen LogP contribution in [-0.2, 0) is 0 Å². The Kier molecular flexibility index (Phi) is 5.13. The molecule has 20 heavy (non-hydrogen) atoms. The summed E-state index contributed by atoms with van der Waals surface area (Å²) in [6, 6.07) is 6.97. The number of benzene rings is 1. The van der Waals surface area contributed by atoms with E-state index in [4.69, 9.17) is 0 Å². The Morgan fingerprint density at radius 3 is 2.70 bits per heavy atom. The van der Waals surface area contributed by atoms with E-state index >= 15 is 0 Å². The minimum atomic E-state index is -0.499. The lowest BCUT2D eigenvalue weighted by molar-refractivity contribution is -0.00593. The Morgan fingerprint density at radius 2 is 2.10 bits per heavy atom. The van der Waals surface area contributed by atoms with E-state index in [0.717, 1.165) is 44.5 Å². The van der Waals surface area contributed by atoms with E-state index in [-0.39, 0.29) is 11.9 Å². The van der Waals surface area contributed by atoms with Gasteiger partial charge in [-0.05, 0) is 57.5 Å². The van der Waals surface area contributed by atoms with Gasteiger partial charge in [0.1, 0.15) is 5.82 Å². The van der Waals surface area contributed by atoms with E-state index in [9.17, 15) is 9.50 Å². The summed E-state index contributed by atoms with van der Waals surface area (Å²) in [6.07, 6.45) is 2.61. The van der Waals surface area contributed by atoms with Gasteiger partial charge < -0.3 is 15.3 Å². The number of hydrogen-bond acceptors (Lipinski definition) is 3. The molecule has 0 aliphatic carbocycles. The molecule has 0 aromatic heterocycles. The second-order valence-electron chi connectivity index (χ2n) is 6.02. The van der Waals surface area contributed by atoms with Crippen molar-refractivity contribution in [3.05, 3.63) is 35.6 Å². The Labute approximate surface area is 120 Å². The maximum absolute atomic E-state index is 13.3. The van der Waals surface area contributed by atoms with Gasteiger partial charge in [0.15, 0.2) is 0 Å². The van der Waals surface area contributed by atoms with Crippen molar-refractivity contribution in [3.63, 3.8) is 0 Å². The summed E-state index contributed by atoms with van der Waals surface area (Å²) in [4.78, 5) is 2.38. The number of halogens is 1. The molecule has 1 unspecified atom stereocenters. The largest absolute Gasteiger partial charge is 0.390 e. The fourth-order valence-electron chi connectivity index (χ4n) is 2.77. The van der Waals surface area contributed by atoms with Crippen molar-refractivity contribution in [2.75, 3.05) is 26.7 Å². The van der Waals surface area contributed by atoms with E-state index in [1.165, 1.54) is 6.07 Å². The van der Waals surface area contributed by atoms with Crippen LogP contribution in [0, 0.1) is 5.82 Å². The molecule has 2 rings (SSSR count). The summed E-state index contributed by atoms with van der Waals surface area (Å²) in [6.45, 7) is 4.75. The Bertz CT molecular complexity index is 426. The Balaban J connectivity index is 1.86. The average molecular weight is 280 g/mol. The van der Waals surface area contributed by atoms with Crippen LogP contribution in [0.5, 0.6) is 0 Å². The summed E-state index contributed by atoms with van der Waals surface area (Å²) >= 11 is 0. The molecular weight excluding hydrogens is 255 g/mol. The lowest BCUT2D eigenvalue weighted by atomic mass is 9.93. The lowest BCUT2D eigenvalue weighted by Gasteiger charge is -2.36. The van der Waals surface area contributed by atoms with Gasteiger partial charge in [-0.2, -0.15) is 0 Å². The van der Waals surface area contributed by atoms with Crippen molar-refractivity contribution in [1.82, 2.24) is 10.2 Å². The molecule has 4 heteroatoms. The molecule has 1 aromatic rings. The first-order valence-corrected chi connectivity index (χ1v) is 7.38. The highest BCUT2D eigenvalue weighted by Gasteiger charge is 2.27. The minimum Gasteiger partial charge on any atom is -0.390 e. The van der Waals surface area contributed by atoms with Gasteiger partial charge in [-0.25, -0.2) is 4.39 Å². The van der Waals surface area contributed by atoms with Crippen LogP contribution in [0.4, 0.5) is 4.39 Å². The van der Waals surface area contributed by atoms with Crippen LogP contribution >= 0.6 is 0 Å². The van der Waals surface area contributed by atoms with Crippen molar-refractivity contribution in [1.29, 1.82) is 0 Å². The normalized spacial score (nSPS) is 20.8. The van der Waals surface area contributed by atoms with Crippen LogP contribution < -0.4 is 5.32 Å². The number of rotatable bonds is 5. The van der Waals surface area contributed by atoms with Gasteiger partial charge in [0, 0.05) is 19.1 Å². The molecule has 1 atom stereocenters. The topological polar surface area (TPSA) is 35.5 Å². The maximum Gasteiger partial charge on any atom is 0.123 e. The molecule has 2 N–H and O–H groups in total. The molecule has 0 amide bonds. The summed E-state index contributed by atoms with van der Waals surface area (Å²) < 4.78 is 13.3. The third-order valence-corrected chi connectivity index (χ3v) is 4.27. The monoisotopic (exact) mass is 280 g/mol. The Morgan fingerprint density at radius 1 is 1.40 bits per heavy atom. The first-order valence-electron chi connectivity index (χ1n) is 7.38. The second kappa shape index (κ2) is 6.66. The quantitative estimate of drug-likeness (QED) is 0.869. The number of aliphatic hydroxyl groups is 1. The van der Waals surface area contributed by atoms with E-state index < -0.39 is 5.60 Å². The number of nitrogens with zero attached hydrogens (tertiary/aromatic N) is 1. The predicted molar refractivity (Wildman–Crippen MR) is 79.1 cm³/mol. The van der Waals surface area contributed by atoms with Crippen molar-refractivity contribution >= 4 is 0 Å². The lowest BCUT2D eigenvalue weighted by Crippen LogP contribution is -2.43. The first-order chi connectivity index (χ1) is 9.50. The first kappa shape index (κ1) is 15.4. The van der Waals surface area contributed by atoms with Crippen LogP contribution in [0.1, 0.15) is 37.8 Å². The van der Waals surface area contributed by atoms with Crippen molar-refractivity contribution < 1.29 is 9.50 Å². The number of piperidine rings is 1. The van der Waals surface area contributed by atoms with Crippen molar-refractivity contribution in [3.8, 4) is 0 Å². The van der Waals surface area contributed by atoms with Crippen LogP contribution in [0.2, 0.25) is 0 Å². The van der Waals surface area contributed by atoms with Gasteiger partial charge in [-0.1, -0.05) is 12.1 Å². The fourth-order valence-corrected chi connectivity index (χ4v) is 2.77. The fraction of sp³-hybridized carbons (Fsp3) is 0.625. The summed E-state index contributed by atoms with van der Waals surface area (Å²) in [7, 11) is 1.91. The molecule has 0 radical (unpaired) electrons. The Hall–Kier alpha value is -0.970. The van der Waals surface area contributed by atoms with Crippen molar-refractivity contribution in [2.24, 2.45) is 0 Å². The van der Waals surface area contributed by atoms with Gasteiger partial charge >= 0.3 is 0 Å². The molecule has 1 aromatic carbocycles. The number of likely N-dealkylation sites (tertiary alicyclic amines) is 1. The highest BCUT2D eigenvalue weighted by Crippen LogP contribution is 2.23. The molecule has 0 saturated carbocycles. The van der Waals surface area contributed by atoms with E-state index in [0.29, 0.717) is 0 Å². The van der Waals surface area contributed by atoms with Gasteiger partial charge in [0.2, 0.25) is 0 Å². The van der Waals surface area contributed by atoms with Gasteiger partial charge in [-0.3, -0.25) is 0 Å². The molecule has 112 valence electrons. The maximum atomic E-state index is 13.3. The third kappa shape index (κ3) is 4.27. The summed E-state index contributed by atoms with van der Waals surface area (Å²) in [5.41, 5.74) is 0.498. The molecule has 1 fully saturated rings. The van der Waals surface area contributed by atoms with Gasteiger partial charge in [0.25, 0.3) is 0 Å². The van der Waals surface area contributed by atoms with Crippen LogP contribution in [0.15, 0.2) is 24.3 Å². The van der Waals surface area contributed by atoms with E-state index in [1.54, 1.807) is 12.1 Å². The zero-order chi connectivity index (χ0) is 14.6. The summed E-state index contributed by atoms with van der Waals surface area (Å²) in [5.74, 6) is -0.184. The zero-order valence-electron chi connectivity index (χ0n) is 12.4. The van der Waals surface area contributed by atoms with Crippen LogP contribution in [0.25, 0.3) is 0 Å². The van der Waals surface area contributed by atoms with Crippen LogP contribution in [0.3, 0.4) is 0 Å². The predicted octanol–water partition coefficient (Wildman–Crippen LogP) is 2.32. The highest BCUT2D eigenvalue weighted by molar-refractivity contribution is 5.20. The molecule has 1 aliphatic heterocycles. The SMILES string of the molecule is CNC(CCN1CCC(C)(O)CC1)c1cccc(F)c1. The standard InChI is InChI=1S/C16H25FN2O/c1-16(20)7-10-19(11-8-16)9-6-15(18-2)13-4-3-5-14(17)12-13/h3-5,12,15,18,20H,6-11H2,1-2H3. The minimum absolute atomic E-state index is 0.174.